The van der Waals surface area contributed by atoms with E-state index < -0.39 is 5.54 Å². The molecule has 0 spiro atoms. The number of hydrogen-bond donors (Lipinski definition) is 2. The van der Waals surface area contributed by atoms with E-state index in [0.29, 0.717) is 5.02 Å². The van der Waals surface area contributed by atoms with Gasteiger partial charge in [0.2, 0.25) is 0 Å². The van der Waals surface area contributed by atoms with Gasteiger partial charge in [-0.3, -0.25) is 0 Å². The van der Waals surface area contributed by atoms with Crippen molar-refractivity contribution in [2.45, 2.75) is 12.5 Å². The molecular weight excluding hydrogens is 236 g/mol. The van der Waals surface area contributed by atoms with Gasteiger partial charge in [0.15, 0.2) is 0 Å². The number of benzene rings is 1. The highest BCUT2D eigenvalue weighted by Gasteiger charge is 2.24. The Labute approximate surface area is 108 Å². The summed E-state index contributed by atoms with van der Waals surface area (Å²) >= 11 is 5.86. The van der Waals surface area contributed by atoms with Crippen molar-refractivity contribution in [3.8, 4) is 0 Å². The maximum absolute atomic E-state index is 9.56. The first-order chi connectivity index (χ1) is 7.98. The average molecular weight is 257 g/mol. The van der Waals surface area contributed by atoms with Gasteiger partial charge in [0.25, 0.3) is 0 Å². The van der Waals surface area contributed by atoms with E-state index >= 15 is 0 Å². The second-order valence-electron chi connectivity index (χ2n) is 4.73. The number of halogens is 1. The molecule has 0 saturated carbocycles. The normalized spacial score (nSPS) is 14.9. The number of nitrogens with zero attached hydrogens (tertiary/aromatic N) is 1. The van der Waals surface area contributed by atoms with Crippen LogP contribution < -0.4 is 5.32 Å². The minimum atomic E-state index is -0.416. The first-order valence-electron chi connectivity index (χ1n) is 5.74. The lowest BCUT2D eigenvalue weighted by molar-refractivity contribution is 0.172. The summed E-state index contributed by atoms with van der Waals surface area (Å²) in [5.74, 6) is 0. The summed E-state index contributed by atoms with van der Waals surface area (Å²) in [5, 5.41) is 13.7. The Morgan fingerprint density at radius 3 is 2.35 bits per heavy atom. The Morgan fingerprint density at radius 2 is 1.88 bits per heavy atom. The zero-order valence-electron chi connectivity index (χ0n) is 10.7. The summed E-state index contributed by atoms with van der Waals surface area (Å²) in [5.41, 5.74) is 0.629. The molecule has 0 aromatic heterocycles. The molecule has 0 fully saturated rings. The van der Waals surface area contributed by atoms with Gasteiger partial charge in [0, 0.05) is 18.1 Å². The lowest BCUT2D eigenvalue weighted by Gasteiger charge is -2.30. The summed E-state index contributed by atoms with van der Waals surface area (Å²) in [6.45, 7) is 3.81. The molecule has 1 atom stereocenters. The van der Waals surface area contributed by atoms with E-state index in [-0.39, 0.29) is 6.61 Å². The second kappa shape index (κ2) is 6.36. The molecule has 0 heterocycles. The van der Waals surface area contributed by atoms with Crippen molar-refractivity contribution in [1.82, 2.24) is 10.2 Å². The van der Waals surface area contributed by atoms with Gasteiger partial charge >= 0.3 is 0 Å². The molecule has 96 valence electrons. The molecule has 1 aromatic rings. The summed E-state index contributed by atoms with van der Waals surface area (Å²) in [6, 6.07) is 7.58. The number of aliphatic hydroxyl groups excluding tert-OH is 1. The first-order valence-corrected chi connectivity index (χ1v) is 6.12. The maximum atomic E-state index is 9.56. The molecule has 0 bridgehead atoms. The molecule has 0 saturated heterocycles. The third-order valence-electron chi connectivity index (χ3n) is 2.87. The summed E-state index contributed by atoms with van der Waals surface area (Å²) < 4.78 is 0. The quantitative estimate of drug-likeness (QED) is 0.813. The Kier molecular flexibility index (Phi) is 5.40. The topological polar surface area (TPSA) is 35.5 Å². The monoisotopic (exact) mass is 256 g/mol. The van der Waals surface area contributed by atoms with Gasteiger partial charge in [-0.15, -0.1) is 0 Å². The van der Waals surface area contributed by atoms with Crippen molar-refractivity contribution < 1.29 is 5.11 Å². The average Bonchev–Trinajstić information content (AvgIpc) is 2.29. The summed E-state index contributed by atoms with van der Waals surface area (Å²) in [7, 11) is 4.06. The van der Waals surface area contributed by atoms with Crippen LogP contribution in [0.15, 0.2) is 24.3 Å². The fourth-order valence-electron chi connectivity index (χ4n) is 1.62. The molecule has 0 aliphatic carbocycles. The molecule has 4 heteroatoms. The molecule has 0 radical (unpaired) electrons. The van der Waals surface area contributed by atoms with E-state index in [1.54, 1.807) is 0 Å². The van der Waals surface area contributed by atoms with Crippen molar-refractivity contribution in [2.24, 2.45) is 0 Å². The molecule has 17 heavy (non-hydrogen) atoms. The number of nitrogens with one attached hydrogen (secondary N) is 1. The van der Waals surface area contributed by atoms with E-state index in [0.717, 1.165) is 18.7 Å². The molecule has 1 unspecified atom stereocenters. The molecule has 0 amide bonds. The van der Waals surface area contributed by atoms with Crippen molar-refractivity contribution >= 4 is 11.6 Å². The predicted octanol–water partition coefficient (Wildman–Crippen LogP) is 1.70. The maximum Gasteiger partial charge on any atom is 0.0652 e. The molecule has 0 aliphatic heterocycles. The van der Waals surface area contributed by atoms with Crippen LogP contribution >= 0.6 is 11.6 Å². The van der Waals surface area contributed by atoms with E-state index in [4.69, 9.17) is 11.6 Å². The van der Waals surface area contributed by atoms with E-state index in [1.807, 2.05) is 45.3 Å². The molecule has 3 nitrogen and oxygen atoms in total. The number of aliphatic hydroxyl groups is 1. The minimum absolute atomic E-state index is 0.0576. The highest BCUT2D eigenvalue weighted by molar-refractivity contribution is 6.30. The molecule has 2 N–H and O–H groups in total. The van der Waals surface area contributed by atoms with Gasteiger partial charge in [-0.05, 0) is 38.7 Å². The lowest BCUT2D eigenvalue weighted by Crippen LogP contribution is -2.45. The Morgan fingerprint density at radius 1 is 1.29 bits per heavy atom. The lowest BCUT2D eigenvalue weighted by atomic mass is 9.93. The van der Waals surface area contributed by atoms with Crippen molar-refractivity contribution in [3.05, 3.63) is 34.9 Å². The first kappa shape index (κ1) is 14.5. The van der Waals surface area contributed by atoms with Crippen LogP contribution in [0.5, 0.6) is 0 Å². The number of likely N-dealkylation sites (N-methyl/N-ethyl adjacent to an activating group) is 1. The third-order valence-corrected chi connectivity index (χ3v) is 3.12. The standard InChI is InChI=1S/C13H21ClN2O/c1-13(10-17,15-8-9-16(2)3)11-4-6-12(14)7-5-11/h4-7,15,17H,8-10H2,1-3H3. The molecule has 0 aliphatic rings. The van der Waals surface area contributed by atoms with Crippen LogP contribution in [0.25, 0.3) is 0 Å². The Balaban J connectivity index is 2.70. The van der Waals surface area contributed by atoms with Crippen LogP contribution in [0.2, 0.25) is 5.02 Å². The van der Waals surface area contributed by atoms with E-state index in [1.165, 1.54) is 0 Å². The van der Waals surface area contributed by atoms with Crippen LogP contribution in [0.3, 0.4) is 0 Å². The zero-order chi connectivity index (χ0) is 12.9. The van der Waals surface area contributed by atoms with Crippen LogP contribution in [-0.2, 0) is 5.54 Å². The predicted molar refractivity (Wildman–Crippen MR) is 72.4 cm³/mol. The van der Waals surface area contributed by atoms with Crippen LogP contribution in [0.4, 0.5) is 0 Å². The van der Waals surface area contributed by atoms with Crippen molar-refractivity contribution in [1.29, 1.82) is 0 Å². The minimum Gasteiger partial charge on any atom is -0.394 e. The third kappa shape index (κ3) is 4.28. The highest BCUT2D eigenvalue weighted by atomic mass is 35.5. The van der Waals surface area contributed by atoms with Gasteiger partial charge in [0.1, 0.15) is 0 Å². The molecular formula is C13H21ClN2O. The van der Waals surface area contributed by atoms with Gasteiger partial charge in [-0.25, -0.2) is 0 Å². The van der Waals surface area contributed by atoms with Gasteiger partial charge in [0.05, 0.1) is 12.1 Å². The van der Waals surface area contributed by atoms with E-state index in [9.17, 15) is 5.11 Å². The highest BCUT2D eigenvalue weighted by Crippen LogP contribution is 2.21. The van der Waals surface area contributed by atoms with Gasteiger partial charge < -0.3 is 15.3 Å². The fourth-order valence-corrected chi connectivity index (χ4v) is 1.75. The van der Waals surface area contributed by atoms with Crippen LogP contribution in [-0.4, -0.2) is 43.8 Å². The van der Waals surface area contributed by atoms with Crippen LogP contribution in [0.1, 0.15) is 12.5 Å². The second-order valence-corrected chi connectivity index (χ2v) is 5.16. The molecule has 1 aromatic carbocycles. The number of rotatable bonds is 6. The fraction of sp³-hybridized carbons (Fsp3) is 0.538. The van der Waals surface area contributed by atoms with Crippen LogP contribution in [0, 0.1) is 0 Å². The number of hydrogen-bond acceptors (Lipinski definition) is 3. The largest absolute Gasteiger partial charge is 0.394 e. The van der Waals surface area contributed by atoms with Crippen molar-refractivity contribution in [2.75, 3.05) is 33.8 Å². The zero-order valence-corrected chi connectivity index (χ0v) is 11.5. The summed E-state index contributed by atoms with van der Waals surface area (Å²) in [6.07, 6.45) is 0. The SMILES string of the molecule is CN(C)CCNC(C)(CO)c1ccc(Cl)cc1. The molecule has 1 rings (SSSR count). The van der Waals surface area contributed by atoms with Gasteiger partial charge in [-0.2, -0.15) is 0 Å². The Hall–Kier alpha value is -0.610. The smallest absolute Gasteiger partial charge is 0.0652 e. The van der Waals surface area contributed by atoms with Gasteiger partial charge in [-0.1, -0.05) is 23.7 Å². The Bertz CT molecular complexity index is 340. The van der Waals surface area contributed by atoms with Crippen molar-refractivity contribution in [3.63, 3.8) is 0 Å². The van der Waals surface area contributed by atoms with E-state index in [2.05, 4.69) is 10.2 Å². The summed E-state index contributed by atoms with van der Waals surface area (Å²) in [4.78, 5) is 2.10.